The second-order valence-electron chi connectivity index (χ2n) is 5.71. The molecule has 1 aliphatic carbocycles. The fourth-order valence-corrected chi connectivity index (χ4v) is 2.90. The lowest BCUT2D eigenvalue weighted by atomic mass is 10.2. The first kappa shape index (κ1) is 16.8. The summed E-state index contributed by atoms with van der Waals surface area (Å²) in [5.41, 5.74) is -0.0505. The topological polar surface area (TPSA) is 46.9 Å². The molecule has 1 heterocycles. The number of amides is 1. The maximum atomic E-state index is 13.0. The van der Waals surface area contributed by atoms with Gasteiger partial charge in [0.2, 0.25) is 5.91 Å². The van der Waals surface area contributed by atoms with Gasteiger partial charge in [-0.15, -0.1) is 0 Å². The quantitative estimate of drug-likeness (QED) is 0.858. The van der Waals surface area contributed by atoms with Crippen LogP contribution in [-0.4, -0.2) is 15.7 Å². The van der Waals surface area contributed by atoms with Gasteiger partial charge in [-0.3, -0.25) is 9.48 Å². The van der Waals surface area contributed by atoms with Crippen molar-refractivity contribution in [2.24, 2.45) is 0 Å². The van der Waals surface area contributed by atoms with Crippen LogP contribution in [0.25, 0.3) is 0 Å². The molecule has 0 bridgehead atoms. The Labute approximate surface area is 141 Å². The zero-order valence-corrected chi connectivity index (χ0v) is 13.4. The molecule has 0 saturated heterocycles. The van der Waals surface area contributed by atoms with Crippen molar-refractivity contribution < 1.29 is 18.0 Å². The van der Waals surface area contributed by atoms with Crippen LogP contribution in [0.15, 0.2) is 30.3 Å². The number of nitrogens with zero attached hydrogens (tertiary/aromatic N) is 2. The van der Waals surface area contributed by atoms with Gasteiger partial charge in [0.1, 0.15) is 0 Å². The number of nitrogens with one attached hydrogen (secondary N) is 1. The smallest absolute Gasteiger partial charge is 0.326 e. The molecule has 8 heteroatoms. The fourth-order valence-electron chi connectivity index (χ4n) is 2.50. The van der Waals surface area contributed by atoms with Crippen molar-refractivity contribution >= 4 is 23.2 Å². The summed E-state index contributed by atoms with van der Waals surface area (Å²) in [6, 6.07) is 8.86. The molecule has 1 fully saturated rings. The van der Waals surface area contributed by atoms with Crippen LogP contribution in [0.2, 0.25) is 5.02 Å². The van der Waals surface area contributed by atoms with Crippen LogP contribution in [0.1, 0.15) is 36.6 Å². The van der Waals surface area contributed by atoms with Crippen molar-refractivity contribution in [2.75, 3.05) is 5.32 Å². The van der Waals surface area contributed by atoms with E-state index in [1.54, 1.807) is 24.3 Å². The lowest BCUT2D eigenvalue weighted by Gasteiger charge is -2.08. The van der Waals surface area contributed by atoms with Crippen molar-refractivity contribution in [1.82, 2.24) is 9.78 Å². The molecule has 4 nitrogen and oxygen atoms in total. The summed E-state index contributed by atoms with van der Waals surface area (Å²) in [5, 5.41) is 5.95. The highest BCUT2D eigenvalue weighted by molar-refractivity contribution is 6.32. The summed E-state index contributed by atoms with van der Waals surface area (Å²) in [6.07, 6.45) is -3.00. The van der Waals surface area contributed by atoms with Crippen LogP contribution in [0.3, 0.4) is 0 Å². The van der Waals surface area contributed by atoms with Crippen molar-refractivity contribution in [3.05, 3.63) is 46.7 Å². The number of hydrogen-bond donors (Lipinski definition) is 1. The predicted octanol–water partition coefficient (Wildman–Crippen LogP) is 4.46. The largest absolute Gasteiger partial charge is 0.436 e. The zero-order valence-electron chi connectivity index (χ0n) is 12.6. The number of hydrogen-bond acceptors (Lipinski definition) is 2. The third-order valence-electron chi connectivity index (χ3n) is 3.77. The van der Waals surface area contributed by atoms with Gasteiger partial charge < -0.3 is 5.32 Å². The van der Waals surface area contributed by atoms with E-state index >= 15 is 0 Å². The van der Waals surface area contributed by atoms with Gasteiger partial charge >= 0.3 is 6.18 Å². The van der Waals surface area contributed by atoms with E-state index in [4.69, 9.17) is 11.6 Å². The number of para-hydroxylation sites is 1. The fraction of sp³-hybridized carbons (Fsp3) is 0.375. The molecular formula is C16H15ClF3N3O. The average molecular weight is 358 g/mol. The second kappa shape index (κ2) is 6.47. The number of anilines is 1. The van der Waals surface area contributed by atoms with Crippen molar-refractivity contribution in [3.63, 3.8) is 0 Å². The molecule has 1 aromatic carbocycles. The number of aryl methyl sites for hydroxylation is 1. The summed E-state index contributed by atoms with van der Waals surface area (Å²) < 4.78 is 40.1. The van der Waals surface area contributed by atoms with Crippen LogP contribution in [0.5, 0.6) is 0 Å². The Kier molecular flexibility index (Phi) is 4.54. The van der Waals surface area contributed by atoms with Crippen molar-refractivity contribution in [2.45, 2.75) is 37.9 Å². The molecule has 128 valence electrons. The molecule has 1 aliphatic rings. The van der Waals surface area contributed by atoms with Crippen LogP contribution in [0.4, 0.5) is 18.9 Å². The maximum Gasteiger partial charge on any atom is 0.436 e. The normalized spacial score (nSPS) is 14.7. The number of aromatic nitrogens is 2. The van der Waals surface area contributed by atoms with E-state index in [9.17, 15) is 18.0 Å². The molecule has 3 rings (SSSR count). The lowest BCUT2D eigenvalue weighted by Crippen LogP contribution is -2.16. The van der Waals surface area contributed by atoms with Gasteiger partial charge in [-0.25, -0.2) is 0 Å². The molecule has 0 aliphatic heterocycles. The zero-order chi connectivity index (χ0) is 17.3. The van der Waals surface area contributed by atoms with Crippen LogP contribution < -0.4 is 5.32 Å². The van der Waals surface area contributed by atoms with E-state index in [2.05, 4.69) is 10.4 Å². The molecule has 0 spiro atoms. The summed E-state index contributed by atoms with van der Waals surface area (Å²) in [7, 11) is 0. The highest BCUT2D eigenvalue weighted by atomic mass is 35.5. The molecular weight excluding hydrogens is 343 g/mol. The molecule has 0 unspecified atom stereocenters. The third-order valence-corrected chi connectivity index (χ3v) is 4.14. The Hall–Kier alpha value is -2.02. The van der Waals surface area contributed by atoms with Gasteiger partial charge in [0.25, 0.3) is 0 Å². The first-order valence-corrected chi connectivity index (χ1v) is 7.92. The van der Waals surface area contributed by atoms with Gasteiger partial charge in [0.05, 0.1) is 17.3 Å². The third kappa shape index (κ3) is 3.72. The van der Waals surface area contributed by atoms with Crippen molar-refractivity contribution in [3.8, 4) is 0 Å². The molecule has 24 heavy (non-hydrogen) atoms. The molecule has 1 saturated carbocycles. The summed E-state index contributed by atoms with van der Waals surface area (Å²) in [6.45, 7) is 0.0559. The first-order chi connectivity index (χ1) is 11.4. The van der Waals surface area contributed by atoms with Gasteiger partial charge in [-0.2, -0.15) is 18.3 Å². The monoisotopic (exact) mass is 357 g/mol. The maximum absolute atomic E-state index is 13.0. The lowest BCUT2D eigenvalue weighted by molar-refractivity contribution is -0.141. The average Bonchev–Trinajstić information content (AvgIpc) is 3.29. The number of rotatable bonds is 5. The van der Waals surface area contributed by atoms with Crippen LogP contribution >= 0.6 is 11.6 Å². The Morgan fingerprint density at radius 2 is 1.96 bits per heavy atom. The second-order valence-corrected chi connectivity index (χ2v) is 6.09. The molecule has 0 radical (unpaired) electrons. The molecule has 1 aromatic heterocycles. The van der Waals surface area contributed by atoms with E-state index in [-0.39, 0.29) is 29.8 Å². The number of benzene rings is 1. The summed E-state index contributed by atoms with van der Waals surface area (Å²) >= 11 is 5.89. The molecule has 1 N–H and O–H groups in total. The van der Waals surface area contributed by atoms with Crippen LogP contribution in [0, 0.1) is 0 Å². The molecule has 2 aromatic rings. The van der Waals surface area contributed by atoms with Crippen LogP contribution in [-0.2, 0) is 17.5 Å². The standard InChI is InChI=1S/C16H15ClF3N3O/c17-13-14(10-6-7-10)23(22-15(13)16(18,19)20)9-8-12(24)21-11-4-2-1-3-5-11/h1-5,10H,6-9H2,(H,21,24). The number of carbonyl (C=O) groups is 1. The van der Waals surface area contributed by atoms with Gasteiger partial charge in [-0.1, -0.05) is 29.8 Å². The highest BCUT2D eigenvalue weighted by Gasteiger charge is 2.41. The SMILES string of the molecule is O=C(CCn1nc(C(F)(F)F)c(Cl)c1C1CC1)Nc1ccccc1. The van der Waals surface area contributed by atoms with Gasteiger partial charge in [0, 0.05) is 18.0 Å². The number of carbonyl (C=O) groups excluding carboxylic acids is 1. The Morgan fingerprint density at radius 3 is 2.54 bits per heavy atom. The molecule has 0 atom stereocenters. The van der Waals surface area contributed by atoms with E-state index in [1.165, 1.54) is 4.68 Å². The minimum Gasteiger partial charge on any atom is -0.326 e. The first-order valence-electron chi connectivity index (χ1n) is 7.54. The van der Waals surface area contributed by atoms with E-state index in [0.717, 1.165) is 12.8 Å². The van der Waals surface area contributed by atoms with Gasteiger partial charge in [-0.05, 0) is 25.0 Å². The van der Waals surface area contributed by atoms with E-state index in [0.29, 0.717) is 11.4 Å². The summed E-state index contributed by atoms with van der Waals surface area (Å²) in [5.74, 6) is -0.290. The minimum absolute atomic E-state index is 0.00159. The predicted molar refractivity (Wildman–Crippen MR) is 83.9 cm³/mol. The highest BCUT2D eigenvalue weighted by Crippen LogP contribution is 2.46. The Morgan fingerprint density at radius 1 is 1.29 bits per heavy atom. The van der Waals surface area contributed by atoms with E-state index in [1.807, 2.05) is 6.07 Å². The number of halogens is 4. The van der Waals surface area contributed by atoms with Gasteiger partial charge in [0.15, 0.2) is 5.69 Å². The Balaban J connectivity index is 1.72. The summed E-state index contributed by atoms with van der Waals surface area (Å²) in [4.78, 5) is 12.0. The van der Waals surface area contributed by atoms with Crippen molar-refractivity contribution in [1.29, 1.82) is 0 Å². The number of alkyl halides is 3. The van der Waals surface area contributed by atoms with E-state index < -0.39 is 11.9 Å². The Bertz CT molecular complexity index is 739. The minimum atomic E-state index is -4.60. The molecule has 1 amide bonds.